The van der Waals surface area contributed by atoms with E-state index in [4.69, 9.17) is 5.11 Å². The molecular weight excluding hydrogens is 165 g/mol. The maximum absolute atomic E-state index is 11.9. The summed E-state index contributed by atoms with van der Waals surface area (Å²) in [6.07, 6.45) is -5.30. The van der Waals surface area contributed by atoms with Gasteiger partial charge in [0.25, 0.3) is 5.60 Å². The first-order chi connectivity index (χ1) is 4.90. The molecule has 0 aromatic carbocycles. The first-order valence-corrected chi connectivity index (χ1v) is 2.84. The normalized spacial score (nSPS) is 31.2. The number of carboxylic acids is 1. The predicted octanol–water partition coefficient (Wildman–Crippen LogP) is 0.792. The van der Waals surface area contributed by atoms with Crippen molar-refractivity contribution in [3.63, 3.8) is 0 Å². The van der Waals surface area contributed by atoms with Crippen LogP contribution < -0.4 is 0 Å². The summed E-state index contributed by atoms with van der Waals surface area (Å²) in [5.41, 5.74) is -2.92. The van der Waals surface area contributed by atoms with Crippen molar-refractivity contribution in [3.8, 4) is 0 Å². The third-order valence-corrected chi connectivity index (χ3v) is 1.61. The molecule has 1 heterocycles. The molecule has 0 bridgehead atoms. The van der Waals surface area contributed by atoms with Gasteiger partial charge in [-0.05, 0) is 0 Å². The zero-order chi connectivity index (χ0) is 8.70. The first kappa shape index (κ1) is 8.32. The lowest BCUT2D eigenvalue weighted by Crippen LogP contribution is -2.61. The monoisotopic (exact) mass is 170 g/mol. The molecule has 11 heavy (non-hydrogen) atoms. The number of halogens is 3. The highest BCUT2D eigenvalue weighted by Gasteiger charge is 2.66. The van der Waals surface area contributed by atoms with Crippen molar-refractivity contribution in [2.75, 3.05) is 6.61 Å². The van der Waals surface area contributed by atoms with Crippen LogP contribution in [-0.4, -0.2) is 29.5 Å². The predicted molar refractivity (Wildman–Crippen MR) is 27.0 cm³/mol. The van der Waals surface area contributed by atoms with Crippen LogP contribution in [0.15, 0.2) is 0 Å². The van der Waals surface area contributed by atoms with Gasteiger partial charge < -0.3 is 9.84 Å². The van der Waals surface area contributed by atoms with Gasteiger partial charge in [-0.15, -0.1) is 0 Å². The standard InChI is InChI=1S/C5H5F3O3/c6-5(7,8)4(3(9)10)1-2-11-4/h1-2H2,(H,9,10). The third kappa shape index (κ3) is 0.973. The molecule has 1 rings (SSSR count). The van der Waals surface area contributed by atoms with Gasteiger partial charge in [-0.3, -0.25) is 0 Å². The second-order valence-electron chi connectivity index (χ2n) is 2.23. The molecule has 1 atom stereocenters. The zero-order valence-electron chi connectivity index (χ0n) is 5.31. The molecular formula is C5H5F3O3. The molecule has 0 amide bonds. The smallest absolute Gasteiger partial charge is 0.428 e. The topological polar surface area (TPSA) is 46.5 Å². The average molecular weight is 170 g/mol. The molecule has 0 radical (unpaired) electrons. The number of hydrogen-bond donors (Lipinski definition) is 1. The highest BCUT2D eigenvalue weighted by atomic mass is 19.4. The third-order valence-electron chi connectivity index (χ3n) is 1.61. The summed E-state index contributed by atoms with van der Waals surface area (Å²) >= 11 is 0. The van der Waals surface area contributed by atoms with E-state index in [0.29, 0.717) is 0 Å². The van der Waals surface area contributed by atoms with Crippen molar-refractivity contribution in [2.45, 2.75) is 18.2 Å². The van der Waals surface area contributed by atoms with Crippen LogP contribution in [0.3, 0.4) is 0 Å². The van der Waals surface area contributed by atoms with Gasteiger partial charge in [0.05, 0.1) is 6.61 Å². The van der Waals surface area contributed by atoms with Gasteiger partial charge in [-0.1, -0.05) is 0 Å². The van der Waals surface area contributed by atoms with E-state index in [2.05, 4.69) is 4.74 Å². The Balaban J connectivity index is 2.85. The quantitative estimate of drug-likeness (QED) is 0.632. The van der Waals surface area contributed by atoms with Crippen molar-refractivity contribution in [3.05, 3.63) is 0 Å². The Kier molecular flexibility index (Phi) is 1.59. The highest BCUT2D eigenvalue weighted by Crippen LogP contribution is 2.42. The Morgan fingerprint density at radius 2 is 2.00 bits per heavy atom. The van der Waals surface area contributed by atoms with Crippen molar-refractivity contribution < 1.29 is 27.8 Å². The summed E-state index contributed by atoms with van der Waals surface area (Å²) in [7, 11) is 0. The van der Waals surface area contributed by atoms with E-state index in [9.17, 15) is 18.0 Å². The molecule has 1 aliphatic rings. The van der Waals surface area contributed by atoms with Gasteiger partial charge in [0, 0.05) is 6.42 Å². The maximum atomic E-state index is 11.9. The molecule has 3 nitrogen and oxygen atoms in total. The minimum atomic E-state index is -4.81. The van der Waals surface area contributed by atoms with Crippen molar-refractivity contribution in [1.29, 1.82) is 0 Å². The molecule has 0 spiro atoms. The number of hydrogen-bond acceptors (Lipinski definition) is 2. The number of ether oxygens (including phenoxy) is 1. The fourth-order valence-corrected chi connectivity index (χ4v) is 0.820. The van der Waals surface area contributed by atoms with E-state index in [0.717, 1.165) is 0 Å². The molecule has 64 valence electrons. The summed E-state index contributed by atoms with van der Waals surface area (Å²) in [6.45, 7) is -0.147. The largest absolute Gasteiger partial charge is 0.479 e. The van der Waals surface area contributed by atoms with Crippen LogP contribution in [0.5, 0.6) is 0 Å². The molecule has 1 fully saturated rings. The summed E-state index contributed by atoms with van der Waals surface area (Å²) in [6, 6.07) is 0. The summed E-state index contributed by atoms with van der Waals surface area (Å²) in [4.78, 5) is 10.1. The number of aliphatic carboxylic acids is 1. The van der Waals surface area contributed by atoms with Crippen LogP contribution in [0.1, 0.15) is 6.42 Å². The number of alkyl halides is 3. The number of carboxylic acid groups (broad SMARTS) is 1. The fraction of sp³-hybridized carbons (Fsp3) is 0.800. The van der Waals surface area contributed by atoms with Crippen molar-refractivity contribution >= 4 is 5.97 Å². The molecule has 0 aromatic rings. The number of carbonyl (C=O) groups is 1. The SMILES string of the molecule is O=C(O)C1(C(F)(F)F)CCO1. The Morgan fingerprint density at radius 1 is 1.55 bits per heavy atom. The zero-order valence-corrected chi connectivity index (χ0v) is 5.31. The molecule has 0 aromatic heterocycles. The average Bonchev–Trinajstić information content (AvgIpc) is 1.52. The van der Waals surface area contributed by atoms with Crippen molar-refractivity contribution in [1.82, 2.24) is 0 Å². The Bertz CT molecular complexity index is 182. The molecule has 1 aliphatic heterocycles. The molecule has 1 N–H and O–H groups in total. The fourth-order valence-electron chi connectivity index (χ4n) is 0.820. The van der Waals surface area contributed by atoms with E-state index in [1.807, 2.05) is 0 Å². The lowest BCUT2D eigenvalue weighted by Gasteiger charge is -2.38. The van der Waals surface area contributed by atoms with Gasteiger partial charge >= 0.3 is 12.1 Å². The molecule has 0 aliphatic carbocycles. The molecule has 0 saturated carbocycles. The number of rotatable bonds is 1. The highest BCUT2D eigenvalue weighted by molar-refractivity contribution is 5.79. The van der Waals surface area contributed by atoms with Crippen LogP contribution in [0.25, 0.3) is 0 Å². The second kappa shape index (κ2) is 2.10. The first-order valence-electron chi connectivity index (χ1n) is 2.84. The minimum absolute atomic E-state index is 0.147. The van der Waals surface area contributed by atoms with Crippen LogP contribution in [-0.2, 0) is 9.53 Å². The molecule has 1 unspecified atom stereocenters. The lowest BCUT2D eigenvalue weighted by molar-refractivity contribution is -0.315. The summed E-state index contributed by atoms with van der Waals surface area (Å²) in [5, 5.41) is 8.17. The Morgan fingerprint density at radius 3 is 2.00 bits per heavy atom. The lowest BCUT2D eigenvalue weighted by atomic mass is 9.94. The Labute approximate surface area is 59.8 Å². The maximum Gasteiger partial charge on any atom is 0.428 e. The second-order valence-corrected chi connectivity index (χ2v) is 2.23. The van der Waals surface area contributed by atoms with Gasteiger partial charge in [0.2, 0.25) is 0 Å². The van der Waals surface area contributed by atoms with E-state index in [1.54, 1.807) is 0 Å². The van der Waals surface area contributed by atoms with Gasteiger partial charge in [0.1, 0.15) is 0 Å². The van der Waals surface area contributed by atoms with Gasteiger partial charge in [-0.25, -0.2) is 4.79 Å². The molecule has 6 heteroatoms. The van der Waals surface area contributed by atoms with Crippen LogP contribution in [0, 0.1) is 0 Å². The molecule has 1 saturated heterocycles. The van der Waals surface area contributed by atoms with Gasteiger partial charge in [-0.2, -0.15) is 13.2 Å². The summed E-state index contributed by atoms with van der Waals surface area (Å²) in [5.74, 6) is -1.96. The van der Waals surface area contributed by atoms with E-state index in [-0.39, 0.29) is 6.61 Å². The van der Waals surface area contributed by atoms with E-state index >= 15 is 0 Å². The van der Waals surface area contributed by atoms with E-state index < -0.39 is 24.2 Å². The summed E-state index contributed by atoms with van der Waals surface area (Å²) < 4.78 is 39.7. The van der Waals surface area contributed by atoms with Crippen LogP contribution >= 0.6 is 0 Å². The van der Waals surface area contributed by atoms with Crippen LogP contribution in [0.2, 0.25) is 0 Å². The van der Waals surface area contributed by atoms with Crippen molar-refractivity contribution in [2.24, 2.45) is 0 Å². The van der Waals surface area contributed by atoms with Gasteiger partial charge in [0.15, 0.2) is 0 Å². The van der Waals surface area contributed by atoms with E-state index in [1.165, 1.54) is 0 Å². The Hall–Kier alpha value is -0.780. The van der Waals surface area contributed by atoms with Crippen LogP contribution in [0.4, 0.5) is 13.2 Å². The minimum Gasteiger partial charge on any atom is -0.479 e.